The molecule has 1 amide bonds. The molecule has 0 saturated heterocycles. The van der Waals surface area contributed by atoms with Crippen LogP contribution in [0.3, 0.4) is 0 Å². The molecule has 1 aromatic heterocycles. The van der Waals surface area contributed by atoms with Crippen molar-refractivity contribution in [2.75, 3.05) is 11.1 Å². The van der Waals surface area contributed by atoms with Gasteiger partial charge in [0.2, 0.25) is 5.91 Å². The lowest BCUT2D eigenvalue weighted by Crippen LogP contribution is -2.16. The lowest BCUT2D eigenvalue weighted by Gasteiger charge is -2.10. The molecule has 6 heteroatoms. The fourth-order valence-corrected chi connectivity index (χ4v) is 2.56. The maximum Gasteiger partial charge on any atom is 0.335 e. The summed E-state index contributed by atoms with van der Waals surface area (Å²) in [5.74, 6) is -1.31. The van der Waals surface area contributed by atoms with Crippen molar-refractivity contribution >= 4 is 34.2 Å². The first-order chi connectivity index (χ1) is 11.9. The van der Waals surface area contributed by atoms with Crippen LogP contribution < -0.4 is 11.1 Å². The van der Waals surface area contributed by atoms with Crippen LogP contribution in [0.2, 0.25) is 0 Å². The van der Waals surface area contributed by atoms with E-state index in [2.05, 4.69) is 10.3 Å². The molecule has 4 N–H and O–H groups in total. The molecular weight excluding hydrogens is 318 g/mol. The Kier molecular flexibility index (Phi) is 4.35. The molecule has 0 saturated carbocycles. The number of hydrogen-bond acceptors (Lipinski definition) is 4. The largest absolute Gasteiger partial charge is 0.478 e. The summed E-state index contributed by atoms with van der Waals surface area (Å²) in [6.45, 7) is 1.80. The van der Waals surface area contributed by atoms with Crippen molar-refractivity contribution in [3.8, 4) is 0 Å². The van der Waals surface area contributed by atoms with Crippen LogP contribution in [-0.2, 0) is 11.2 Å². The van der Waals surface area contributed by atoms with Crippen molar-refractivity contribution < 1.29 is 14.7 Å². The minimum atomic E-state index is -1.04. The minimum Gasteiger partial charge on any atom is -0.478 e. The third-order valence-electron chi connectivity index (χ3n) is 3.91. The molecule has 6 nitrogen and oxygen atoms in total. The topological polar surface area (TPSA) is 105 Å². The van der Waals surface area contributed by atoms with E-state index in [0.29, 0.717) is 22.6 Å². The molecule has 0 aliphatic carbocycles. The number of carbonyl (C=O) groups is 2. The van der Waals surface area contributed by atoms with Crippen molar-refractivity contribution in [1.82, 2.24) is 4.98 Å². The zero-order chi connectivity index (χ0) is 18.0. The first-order valence-electron chi connectivity index (χ1n) is 7.72. The number of nitrogens with two attached hydrogens (primary N) is 1. The number of pyridine rings is 1. The number of nitrogens with one attached hydrogen (secondary N) is 1. The van der Waals surface area contributed by atoms with Crippen LogP contribution in [0.25, 0.3) is 10.9 Å². The molecule has 1 heterocycles. The van der Waals surface area contributed by atoms with Gasteiger partial charge in [0.25, 0.3) is 0 Å². The SMILES string of the molecule is Cc1ccc(C(=O)O)cc1NC(=O)Cc1ccc2cccc(N)c2n1. The number of aryl methyl sites for hydroxylation is 1. The fourth-order valence-electron chi connectivity index (χ4n) is 2.56. The Bertz CT molecular complexity index is 983. The number of rotatable bonds is 4. The van der Waals surface area contributed by atoms with Crippen LogP contribution in [0.15, 0.2) is 48.5 Å². The van der Waals surface area contributed by atoms with Gasteiger partial charge >= 0.3 is 5.97 Å². The van der Waals surface area contributed by atoms with Gasteiger partial charge < -0.3 is 16.2 Å². The summed E-state index contributed by atoms with van der Waals surface area (Å²) in [5.41, 5.74) is 9.13. The summed E-state index contributed by atoms with van der Waals surface area (Å²) >= 11 is 0. The van der Waals surface area contributed by atoms with Gasteiger partial charge in [-0.25, -0.2) is 4.79 Å². The predicted molar refractivity (Wildman–Crippen MR) is 96.6 cm³/mol. The number of para-hydroxylation sites is 1. The molecule has 0 aliphatic heterocycles. The average molecular weight is 335 g/mol. The maximum atomic E-state index is 12.3. The number of aromatic carboxylic acids is 1. The lowest BCUT2D eigenvalue weighted by molar-refractivity contribution is -0.115. The molecule has 0 spiro atoms. The van der Waals surface area contributed by atoms with Crippen molar-refractivity contribution in [3.05, 3.63) is 65.4 Å². The Morgan fingerprint density at radius 1 is 1.16 bits per heavy atom. The standard InChI is InChI=1S/C19H17N3O3/c1-11-5-6-13(19(24)25)9-16(11)22-17(23)10-14-8-7-12-3-2-4-15(20)18(12)21-14/h2-9H,10,20H2,1H3,(H,22,23)(H,24,25). The van der Waals surface area contributed by atoms with E-state index in [-0.39, 0.29) is 17.9 Å². The Hall–Kier alpha value is -3.41. The summed E-state index contributed by atoms with van der Waals surface area (Å²) < 4.78 is 0. The molecular formula is C19H17N3O3. The molecule has 2 aromatic carbocycles. The molecule has 0 bridgehead atoms. The van der Waals surface area contributed by atoms with Gasteiger partial charge in [-0.15, -0.1) is 0 Å². The molecule has 0 unspecified atom stereocenters. The van der Waals surface area contributed by atoms with Crippen molar-refractivity contribution in [2.24, 2.45) is 0 Å². The van der Waals surface area contributed by atoms with Gasteiger partial charge in [0.15, 0.2) is 0 Å². The van der Waals surface area contributed by atoms with Gasteiger partial charge in [0, 0.05) is 11.1 Å². The highest BCUT2D eigenvalue weighted by atomic mass is 16.4. The number of nitrogen functional groups attached to an aromatic ring is 1. The third-order valence-corrected chi connectivity index (χ3v) is 3.91. The fraction of sp³-hybridized carbons (Fsp3) is 0.105. The number of anilines is 2. The molecule has 3 aromatic rings. The van der Waals surface area contributed by atoms with E-state index < -0.39 is 5.97 Å². The van der Waals surface area contributed by atoms with Crippen LogP contribution >= 0.6 is 0 Å². The number of aromatic nitrogens is 1. The Morgan fingerprint density at radius 2 is 1.96 bits per heavy atom. The van der Waals surface area contributed by atoms with Gasteiger partial charge in [-0.1, -0.05) is 24.3 Å². The van der Waals surface area contributed by atoms with Crippen molar-refractivity contribution in [1.29, 1.82) is 0 Å². The van der Waals surface area contributed by atoms with E-state index in [1.54, 1.807) is 25.1 Å². The first kappa shape index (κ1) is 16.4. The number of hydrogen-bond donors (Lipinski definition) is 3. The predicted octanol–water partition coefficient (Wildman–Crippen LogP) is 3.00. The number of carboxylic acids is 1. The van der Waals surface area contributed by atoms with Gasteiger partial charge in [-0.2, -0.15) is 0 Å². The van der Waals surface area contributed by atoms with E-state index in [9.17, 15) is 9.59 Å². The Labute approximate surface area is 144 Å². The highest BCUT2D eigenvalue weighted by molar-refractivity contribution is 5.96. The molecule has 0 aliphatic rings. The number of amides is 1. The van der Waals surface area contributed by atoms with Gasteiger partial charge in [0.05, 0.1) is 28.9 Å². The second kappa shape index (κ2) is 6.60. The van der Waals surface area contributed by atoms with Gasteiger partial charge in [-0.05, 0) is 36.8 Å². The molecule has 25 heavy (non-hydrogen) atoms. The molecule has 0 fully saturated rings. The van der Waals surface area contributed by atoms with E-state index >= 15 is 0 Å². The van der Waals surface area contributed by atoms with Crippen LogP contribution in [0.4, 0.5) is 11.4 Å². The zero-order valence-electron chi connectivity index (χ0n) is 13.6. The van der Waals surface area contributed by atoms with Crippen LogP contribution in [0, 0.1) is 6.92 Å². The number of carboxylic acid groups (broad SMARTS) is 1. The van der Waals surface area contributed by atoms with E-state index in [0.717, 1.165) is 10.9 Å². The molecule has 3 rings (SSSR count). The third kappa shape index (κ3) is 3.58. The Morgan fingerprint density at radius 3 is 2.72 bits per heavy atom. The quantitative estimate of drug-likeness (QED) is 0.636. The Balaban J connectivity index is 1.80. The summed E-state index contributed by atoms with van der Waals surface area (Å²) in [5, 5.41) is 12.7. The average Bonchev–Trinajstić information content (AvgIpc) is 2.57. The summed E-state index contributed by atoms with van der Waals surface area (Å²) in [6.07, 6.45) is 0.0704. The number of nitrogens with zero attached hydrogens (tertiary/aromatic N) is 1. The number of carbonyl (C=O) groups excluding carboxylic acids is 1. The number of benzene rings is 2. The van der Waals surface area contributed by atoms with E-state index in [4.69, 9.17) is 10.8 Å². The summed E-state index contributed by atoms with van der Waals surface area (Å²) in [7, 11) is 0. The smallest absolute Gasteiger partial charge is 0.335 e. The van der Waals surface area contributed by atoms with E-state index in [1.165, 1.54) is 12.1 Å². The van der Waals surface area contributed by atoms with Gasteiger partial charge in [-0.3, -0.25) is 9.78 Å². The zero-order valence-corrected chi connectivity index (χ0v) is 13.6. The van der Waals surface area contributed by atoms with Gasteiger partial charge in [0.1, 0.15) is 0 Å². The number of fused-ring (bicyclic) bond motifs is 1. The highest BCUT2D eigenvalue weighted by Gasteiger charge is 2.11. The maximum absolute atomic E-state index is 12.3. The van der Waals surface area contributed by atoms with Crippen molar-refractivity contribution in [3.63, 3.8) is 0 Å². The first-order valence-corrected chi connectivity index (χ1v) is 7.72. The summed E-state index contributed by atoms with van der Waals surface area (Å²) in [4.78, 5) is 27.8. The summed E-state index contributed by atoms with van der Waals surface area (Å²) in [6, 6.07) is 13.8. The van der Waals surface area contributed by atoms with Crippen LogP contribution in [-0.4, -0.2) is 22.0 Å². The lowest BCUT2D eigenvalue weighted by atomic mass is 10.1. The second-order valence-corrected chi connectivity index (χ2v) is 5.78. The van der Waals surface area contributed by atoms with Crippen molar-refractivity contribution in [2.45, 2.75) is 13.3 Å². The highest BCUT2D eigenvalue weighted by Crippen LogP contribution is 2.20. The van der Waals surface area contributed by atoms with E-state index in [1.807, 2.05) is 18.2 Å². The van der Waals surface area contributed by atoms with Crippen LogP contribution in [0.1, 0.15) is 21.6 Å². The molecule has 0 atom stereocenters. The molecule has 0 radical (unpaired) electrons. The monoisotopic (exact) mass is 335 g/mol. The normalized spacial score (nSPS) is 10.6. The molecule has 126 valence electrons. The minimum absolute atomic E-state index is 0.0704. The van der Waals surface area contributed by atoms with Crippen LogP contribution in [0.5, 0.6) is 0 Å². The second-order valence-electron chi connectivity index (χ2n) is 5.78.